The summed E-state index contributed by atoms with van der Waals surface area (Å²) in [5.41, 5.74) is 3.40. The standard InChI is InChI=1S/C18H12ClFN2O2S2/c19-13-7-4-8-14(20)12(13)10-15-17(24)22(18(25)26-15)21-16(23)9-11-5-2-1-3-6-11/h1-8,10H,9H2,(H,21,23)/b15-10-. The Morgan fingerprint density at radius 1 is 1.23 bits per heavy atom. The number of benzene rings is 2. The van der Waals surface area contributed by atoms with Gasteiger partial charge in [0.05, 0.1) is 16.3 Å². The molecule has 1 aliphatic rings. The Kier molecular flexibility index (Phi) is 5.70. The molecule has 0 unspecified atom stereocenters. The zero-order valence-corrected chi connectivity index (χ0v) is 15.6. The highest BCUT2D eigenvalue weighted by atomic mass is 35.5. The monoisotopic (exact) mass is 406 g/mol. The van der Waals surface area contributed by atoms with Gasteiger partial charge in [-0.25, -0.2) is 4.39 Å². The van der Waals surface area contributed by atoms with Crippen LogP contribution in [0.3, 0.4) is 0 Å². The van der Waals surface area contributed by atoms with E-state index in [1.807, 2.05) is 30.3 Å². The van der Waals surface area contributed by atoms with Crippen LogP contribution >= 0.6 is 35.6 Å². The Bertz CT molecular complexity index is 898. The van der Waals surface area contributed by atoms with Crippen molar-refractivity contribution in [3.63, 3.8) is 0 Å². The molecule has 0 aliphatic carbocycles. The number of thiocarbonyl (C=S) groups is 1. The van der Waals surface area contributed by atoms with Crippen LogP contribution in [0.4, 0.5) is 4.39 Å². The normalized spacial score (nSPS) is 15.6. The van der Waals surface area contributed by atoms with Crippen molar-refractivity contribution in [2.45, 2.75) is 6.42 Å². The maximum Gasteiger partial charge on any atom is 0.285 e. The maximum atomic E-state index is 13.9. The van der Waals surface area contributed by atoms with E-state index in [1.165, 1.54) is 24.3 Å². The van der Waals surface area contributed by atoms with Crippen molar-refractivity contribution in [2.24, 2.45) is 0 Å². The second-order valence-electron chi connectivity index (χ2n) is 5.35. The largest absolute Gasteiger partial charge is 0.285 e. The highest BCUT2D eigenvalue weighted by Crippen LogP contribution is 2.33. The first-order valence-electron chi connectivity index (χ1n) is 7.51. The van der Waals surface area contributed by atoms with Gasteiger partial charge in [-0.15, -0.1) is 0 Å². The maximum absolute atomic E-state index is 13.9. The van der Waals surface area contributed by atoms with Crippen LogP contribution in [-0.2, 0) is 16.0 Å². The average Bonchev–Trinajstić information content (AvgIpc) is 2.86. The molecule has 0 radical (unpaired) electrons. The second-order valence-corrected chi connectivity index (χ2v) is 7.43. The summed E-state index contributed by atoms with van der Waals surface area (Å²) >= 11 is 12.1. The topological polar surface area (TPSA) is 49.4 Å². The van der Waals surface area contributed by atoms with Gasteiger partial charge in [0.1, 0.15) is 5.82 Å². The third kappa shape index (κ3) is 4.12. The molecule has 0 atom stereocenters. The molecule has 1 saturated heterocycles. The molecular formula is C18H12ClFN2O2S2. The lowest BCUT2D eigenvalue weighted by molar-refractivity contribution is -0.132. The predicted molar refractivity (Wildman–Crippen MR) is 105 cm³/mol. The van der Waals surface area contributed by atoms with Gasteiger partial charge in [-0.3, -0.25) is 15.0 Å². The van der Waals surface area contributed by atoms with Crippen molar-refractivity contribution in [3.8, 4) is 0 Å². The molecule has 2 amide bonds. The number of amides is 2. The number of hydrogen-bond donors (Lipinski definition) is 1. The Hall–Kier alpha value is -2.22. The molecular weight excluding hydrogens is 395 g/mol. The second kappa shape index (κ2) is 7.99. The van der Waals surface area contributed by atoms with Crippen LogP contribution in [0.5, 0.6) is 0 Å². The molecule has 8 heteroatoms. The number of thioether (sulfide) groups is 1. The fourth-order valence-corrected chi connectivity index (χ4v) is 3.67. The number of hydrogen-bond acceptors (Lipinski definition) is 4. The summed E-state index contributed by atoms with van der Waals surface area (Å²) in [5, 5.41) is 1.18. The Morgan fingerprint density at radius 3 is 2.65 bits per heavy atom. The third-order valence-electron chi connectivity index (χ3n) is 3.51. The molecule has 1 fully saturated rings. The van der Waals surface area contributed by atoms with Crippen molar-refractivity contribution < 1.29 is 14.0 Å². The third-order valence-corrected chi connectivity index (χ3v) is 5.14. The number of halogens is 2. The number of nitrogens with zero attached hydrogens (tertiary/aromatic N) is 1. The minimum absolute atomic E-state index is 0.102. The Labute approximate surface area is 164 Å². The Balaban J connectivity index is 1.75. The zero-order chi connectivity index (χ0) is 18.7. The summed E-state index contributed by atoms with van der Waals surface area (Å²) < 4.78 is 14.1. The minimum Gasteiger partial charge on any atom is -0.273 e. The molecule has 1 aliphatic heterocycles. The molecule has 1 heterocycles. The molecule has 4 nitrogen and oxygen atoms in total. The van der Waals surface area contributed by atoms with E-state index in [4.69, 9.17) is 23.8 Å². The number of nitrogens with one attached hydrogen (secondary N) is 1. The molecule has 1 N–H and O–H groups in total. The van der Waals surface area contributed by atoms with Crippen molar-refractivity contribution in [1.82, 2.24) is 10.4 Å². The molecule has 2 aromatic rings. The summed E-state index contributed by atoms with van der Waals surface area (Å²) in [6.07, 6.45) is 1.44. The van der Waals surface area contributed by atoms with Crippen LogP contribution in [0.15, 0.2) is 53.4 Å². The number of hydrazine groups is 1. The first kappa shape index (κ1) is 18.6. The highest BCUT2D eigenvalue weighted by Gasteiger charge is 2.33. The van der Waals surface area contributed by atoms with Crippen molar-refractivity contribution >= 4 is 57.8 Å². The van der Waals surface area contributed by atoms with Crippen molar-refractivity contribution in [2.75, 3.05) is 0 Å². The van der Waals surface area contributed by atoms with E-state index < -0.39 is 11.7 Å². The van der Waals surface area contributed by atoms with Crippen LogP contribution in [-0.4, -0.2) is 21.1 Å². The summed E-state index contributed by atoms with van der Waals surface area (Å²) in [6.45, 7) is 0. The van der Waals surface area contributed by atoms with Gasteiger partial charge >= 0.3 is 0 Å². The van der Waals surface area contributed by atoms with Crippen molar-refractivity contribution in [3.05, 3.63) is 75.4 Å². The van der Waals surface area contributed by atoms with Crippen LogP contribution in [0.2, 0.25) is 5.02 Å². The molecule has 0 bridgehead atoms. The van der Waals surface area contributed by atoms with Gasteiger partial charge < -0.3 is 0 Å². The number of rotatable bonds is 4. The van der Waals surface area contributed by atoms with Crippen LogP contribution in [0.1, 0.15) is 11.1 Å². The van der Waals surface area contributed by atoms with Crippen molar-refractivity contribution in [1.29, 1.82) is 0 Å². The van der Waals surface area contributed by atoms with Gasteiger partial charge in [0.15, 0.2) is 4.32 Å². The molecule has 3 rings (SSSR count). The zero-order valence-electron chi connectivity index (χ0n) is 13.2. The van der Waals surface area contributed by atoms with E-state index in [2.05, 4.69) is 5.43 Å². The number of carbonyl (C=O) groups is 2. The summed E-state index contributed by atoms with van der Waals surface area (Å²) in [6, 6.07) is 13.4. The van der Waals surface area contributed by atoms with E-state index in [1.54, 1.807) is 0 Å². The smallest absolute Gasteiger partial charge is 0.273 e. The first-order chi connectivity index (χ1) is 12.5. The van der Waals surface area contributed by atoms with Crippen LogP contribution in [0, 0.1) is 5.82 Å². The first-order valence-corrected chi connectivity index (χ1v) is 9.11. The number of carbonyl (C=O) groups excluding carboxylic acids is 2. The average molecular weight is 407 g/mol. The van der Waals surface area contributed by atoms with Gasteiger partial charge in [0, 0.05) is 5.56 Å². The predicted octanol–water partition coefficient (Wildman–Crippen LogP) is 3.95. The van der Waals surface area contributed by atoms with E-state index in [9.17, 15) is 14.0 Å². The van der Waals surface area contributed by atoms with E-state index in [0.717, 1.165) is 22.3 Å². The SMILES string of the molecule is O=C(Cc1ccccc1)NN1C(=O)/C(=C/c2c(F)cccc2Cl)SC1=S. The van der Waals surface area contributed by atoms with Gasteiger partial charge in [0.2, 0.25) is 5.91 Å². The van der Waals surface area contributed by atoms with Gasteiger partial charge in [-0.05, 0) is 36.0 Å². The lowest BCUT2D eigenvalue weighted by atomic mass is 10.1. The molecule has 26 heavy (non-hydrogen) atoms. The van der Waals surface area contributed by atoms with E-state index >= 15 is 0 Å². The van der Waals surface area contributed by atoms with Crippen LogP contribution < -0.4 is 5.43 Å². The molecule has 0 spiro atoms. The highest BCUT2D eigenvalue weighted by molar-refractivity contribution is 8.26. The summed E-state index contributed by atoms with van der Waals surface area (Å²) in [7, 11) is 0. The Morgan fingerprint density at radius 2 is 1.96 bits per heavy atom. The van der Waals surface area contributed by atoms with Gasteiger partial charge in [0.25, 0.3) is 5.91 Å². The van der Waals surface area contributed by atoms with E-state index in [-0.39, 0.29) is 32.1 Å². The molecule has 132 valence electrons. The van der Waals surface area contributed by atoms with Gasteiger partial charge in [-0.1, -0.05) is 59.8 Å². The fourth-order valence-electron chi connectivity index (χ4n) is 2.29. The van der Waals surface area contributed by atoms with Gasteiger partial charge in [-0.2, -0.15) is 5.01 Å². The fraction of sp³-hybridized carbons (Fsp3) is 0.0556. The molecule has 0 saturated carbocycles. The quantitative estimate of drug-likeness (QED) is 0.617. The summed E-state index contributed by atoms with van der Waals surface area (Å²) in [4.78, 5) is 24.8. The minimum atomic E-state index is -0.545. The summed E-state index contributed by atoms with van der Waals surface area (Å²) in [5.74, 6) is -1.45. The molecule has 0 aromatic heterocycles. The van der Waals surface area contributed by atoms with Crippen LogP contribution in [0.25, 0.3) is 6.08 Å². The molecule has 2 aromatic carbocycles. The lowest BCUT2D eigenvalue weighted by Gasteiger charge is -2.15. The lowest BCUT2D eigenvalue weighted by Crippen LogP contribution is -2.45. The van der Waals surface area contributed by atoms with E-state index in [0.29, 0.717) is 0 Å².